The van der Waals surface area contributed by atoms with Crippen molar-refractivity contribution in [3.63, 3.8) is 0 Å². The Morgan fingerprint density at radius 1 is 0.586 bits per heavy atom. The van der Waals surface area contributed by atoms with E-state index in [9.17, 15) is 9.59 Å². The average molecular weight is 410 g/mol. The van der Waals surface area contributed by atoms with Crippen LogP contribution in [-0.2, 0) is 19.1 Å². The Kier molecular flexibility index (Phi) is 16.8. The zero-order chi connectivity index (χ0) is 21.0. The van der Waals surface area contributed by atoms with Crippen molar-refractivity contribution in [1.29, 1.82) is 0 Å². The molecule has 0 saturated carbocycles. The smallest absolute Gasteiger partial charge is 0.253 e. The van der Waals surface area contributed by atoms with Crippen molar-refractivity contribution in [2.24, 2.45) is 0 Å². The summed E-state index contributed by atoms with van der Waals surface area (Å²) in [5, 5.41) is 0. The monoisotopic (exact) mass is 409 g/mol. The summed E-state index contributed by atoms with van der Waals surface area (Å²) in [6.45, 7) is 4.80. The van der Waals surface area contributed by atoms with Crippen LogP contribution in [0.25, 0.3) is 0 Å². The molecule has 0 fully saturated rings. The van der Waals surface area contributed by atoms with Crippen molar-refractivity contribution >= 4 is 11.8 Å². The molecule has 168 valence electrons. The maximum absolute atomic E-state index is 11.4. The van der Waals surface area contributed by atoms with Gasteiger partial charge in [-0.25, -0.2) is 0 Å². The van der Waals surface area contributed by atoms with Crippen LogP contribution in [0.15, 0.2) is 12.2 Å². The number of imide groups is 1. The summed E-state index contributed by atoms with van der Waals surface area (Å²) in [7, 11) is 0. The van der Waals surface area contributed by atoms with Gasteiger partial charge in [0.05, 0.1) is 26.4 Å². The molecule has 0 aromatic carbocycles. The van der Waals surface area contributed by atoms with Crippen molar-refractivity contribution in [2.45, 2.75) is 96.8 Å². The maximum Gasteiger partial charge on any atom is 0.253 e. The molecule has 1 aliphatic heterocycles. The molecule has 0 aliphatic carbocycles. The Morgan fingerprint density at radius 3 is 1.48 bits per heavy atom. The van der Waals surface area contributed by atoms with Crippen LogP contribution >= 0.6 is 0 Å². The lowest BCUT2D eigenvalue weighted by molar-refractivity contribution is -0.137. The van der Waals surface area contributed by atoms with E-state index in [-0.39, 0.29) is 11.8 Å². The van der Waals surface area contributed by atoms with Gasteiger partial charge in [-0.05, 0) is 6.42 Å². The van der Waals surface area contributed by atoms with Crippen molar-refractivity contribution in [3.05, 3.63) is 12.2 Å². The fraction of sp³-hybridized carbons (Fsp3) is 0.833. The molecule has 0 atom stereocenters. The summed E-state index contributed by atoms with van der Waals surface area (Å²) in [4.78, 5) is 23.9. The van der Waals surface area contributed by atoms with E-state index in [0.717, 1.165) is 13.0 Å². The van der Waals surface area contributed by atoms with Gasteiger partial charge in [0.15, 0.2) is 0 Å². The van der Waals surface area contributed by atoms with Crippen LogP contribution in [0.3, 0.4) is 0 Å². The minimum absolute atomic E-state index is 0.257. The molecular weight excluding hydrogens is 366 g/mol. The van der Waals surface area contributed by atoms with Crippen LogP contribution in [0.4, 0.5) is 0 Å². The fourth-order valence-corrected chi connectivity index (χ4v) is 3.53. The zero-order valence-corrected chi connectivity index (χ0v) is 18.7. The number of nitrogens with zero attached hydrogens (tertiary/aromatic N) is 1. The van der Waals surface area contributed by atoms with Gasteiger partial charge in [0.25, 0.3) is 11.8 Å². The lowest BCUT2D eigenvalue weighted by Gasteiger charge is -2.13. The lowest BCUT2D eigenvalue weighted by atomic mass is 10.0. The molecule has 5 heteroatoms. The number of unbranched alkanes of at least 4 members (excludes halogenated alkanes) is 13. The topological polar surface area (TPSA) is 55.8 Å². The second-order valence-corrected chi connectivity index (χ2v) is 7.98. The molecular formula is C24H43NO4. The van der Waals surface area contributed by atoms with Crippen LogP contribution in [0.5, 0.6) is 0 Å². The minimum Gasteiger partial charge on any atom is -0.379 e. The quantitative estimate of drug-likeness (QED) is 0.187. The van der Waals surface area contributed by atoms with Gasteiger partial charge in [-0.1, -0.05) is 90.4 Å². The largest absolute Gasteiger partial charge is 0.379 e. The second-order valence-electron chi connectivity index (χ2n) is 7.98. The van der Waals surface area contributed by atoms with Gasteiger partial charge in [-0.15, -0.1) is 0 Å². The molecule has 0 unspecified atom stereocenters. The van der Waals surface area contributed by atoms with Gasteiger partial charge in [0.2, 0.25) is 0 Å². The van der Waals surface area contributed by atoms with Gasteiger partial charge >= 0.3 is 0 Å². The number of hydrogen-bond acceptors (Lipinski definition) is 4. The minimum atomic E-state index is -0.257. The predicted molar refractivity (Wildman–Crippen MR) is 118 cm³/mol. The lowest BCUT2D eigenvalue weighted by Crippen LogP contribution is -2.33. The van der Waals surface area contributed by atoms with E-state index in [4.69, 9.17) is 9.47 Å². The summed E-state index contributed by atoms with van der Waals surface area (Å²) in [5.41, 5.74) is 0. The van der Waals surface area contributed by atoms with Crippen molar-refractivity contribution < 1.29 is 19.1 Å². The molecule has 1 heterocycles. The molecule has 0 bridgehead atoms. The Balaban J connectivity index is 1.69. The van der Waals surface area contributed by atoms with E-state index in [2.05, 4.69) is 6.92 Å². The Morgan fingerprint density at radius 2 is 1.00 bits per heavy atom. The van der Waals surface area contributed by atoms with E-state index in [1.807, 2.05) is 0 Å². The van der Waals surface area contributed by atoms with Crippen LogP contribution in [0.1, 0.15) is 96.8 Å². The number of ether oxygens (including phenoxy) is 2. The highest BCUT2D eigenvalue weighted by atomic mass is 16.5. The number of rotatable bonds is 21. The highest BCUT2D eigenvalue weighted by molar-refractivity contribution is 6.12. The summed E-state index contributed by atoms with van der Waals surface area (Å²) in [6.07, 6.45) is 21.7. The van der Waals surface area contributed by atoms with Crippen LogP contribution in [0, 0.1) is 0 Å². The second kappa shape index (κ2) is 18.8. The number of carbonyl (C=O) groups is 2. The first kappa shape index (κ1) is 25.8. The standard InChI is InChI=1S/C24H43NO4/c1-2-3-4-5-6-7-8-9-10-11-12-13-14-15-19-28-21-22-29-20-18-25-23(26)16-17-24(25)27/h16-17H,2-15,18-22H2,1H3. The SMILES string of the molecule is CCCCCCCCCCCCCCCCOCCOCCN1C(=O)C=CC1=O. The molecule has 1 aliphatic rings. The first-order valence-electron chi connectivity index (χ1n) is 11.9. The molecule has 0 radical (unpaired) electrons. The molecule has 0 N–H and O–H groups in total. The van der Waals surface area contributed by atoms with Crippen LogP contribution in [0.2, 0.25) is 0 Å². The zero-order valence-electron chi connectivity index (χ0n) is 18.7. The highest BCUT2D eigenvalue weighted by Gasteiger charge is 2.22. The molecule has 29 heavy (non-hydrogen) atoms. The van der Waals surface area contributed by atoms with Crippen molar-refractivity contribution in [2.75, 3.05) is 33.0 Å². The Labute approximate surface area is 178 Å². The fourth-order valence-electron chi connectivity index (χ4n) is 3.53. The van der Waals surface area contributed by atoms with E-state index >= 15 is 0 Å². The molecule has 0 spiro atoms. The molecule has 5 nitrogen and oxygen atoms in total. The molecule has 0 aromatic rings. The molecule has 0 saturated heterocycles. The number of amides is 2. The summed E-state index contributed by atoms with van der Waals surface area (Å²) >= 11 is 0. The van der Waals surface area contributed by atoms with Gasteiger partial charge in [0.1, 0.15) is 0 Å². The van der Waals surface area contributed by atoms with Gasteiger partial charge in [0, 0.05) is 18.8 Å². The third-order valence-electron chi connectivity index (χ3n) is 5.37. The van der Waals surface area contributed by atoms with Crippen molar-refractivity contribution in [1.82, 2.24) is 4.90 Å². The predicted octanol–water partition coefficient (Wildman–Crippen LogP) is 5.43. The maximum atomic E-state index is 11.4. The average Bonchev–Trinajstić information content (AvgIpc) is 3.04. The van der Waals surface area contributed by atoms with Crippen LogP contribution in [-0.4, -0.2) is 49.7 Å². The third kappa shape index (κ3) is 14.4. The van der Waals surface area contributed by atoms with Gasteiger partial charge in [-0.3, -0.25) is 14.5 Å². The Hall–Kier alpha value is -1.20. The van der Waals surface area contributed by atoms with Crippen LogP contribution < -0.4 is 0 Å². The first-order valence-corrected chi connectivity index (χ1v) is 11.9. The first-order chi connectivity index (χ1) is 14.3. The number of hydrogen-bond donors (Lipinski definition) is 0. The molecule has 1 rings (SSSR count). The van der Waals surface area contributed by atoms with E-state index in [1.54, 1.807) is 0 Å². The van der Waals surface area contributed by atoms with Crippen molar-refractivity contribution in [3.8, 4) is 0 Å². The highest BCUT2D eigenvalue weighted by Crippen LogP contribution is 2.13. The van der Waals surface area contributed by atoms with E-state index < -0.39 is 0 Å². The molecule has 0 aromatic heterocycles. The third-order valence-corrected chi connectivity index (χ3v) is 5.37. The van der Waals surface area contributed by atoms with E-state index in [0.29, 0.717) is 26.4 Å². The van der Waals surface area contributed by atoms with Gasteiger partial charge < -0.3 is 9.47 Å². The van der Waals surface area contributed by atoms with Gasteiger partial charge in [-0.2, -0.15) is 0 Å². The Bertz CT molecular complexity index is 432. The summed E-state index contributed by atoms with van der Waals surface area (Å²) in [5.74, 6) is -0.514. The van der Waals surface area contributed by atoms with E-state index in [1.165, 1.54) is 101 Å². The summed E-state index contributed by atoms with van der Waals surface area (Å²) in [6, 6.07) is 0. The normalized spacial score (nSPS) is 13.8. The summed E-state index contributed by atoms with van der Waals surface area (Å²) < 4.78 is 11.0. The molecule has 2 amide bonds. The number of carbonyl (C=O) groups excluding carboxylic acids is 2.